The lowest BCUT2D eigenvalue weighted by molar-refractivity contribution is 0.554. The Kier molecular flexibility index (Phi) is 3.45. The van der Waals surface area contributed by atoms with E-state index in [-0.39, 0.29) is 11.3 Å². The second-order valence-corrected chi connectivity index (χ2v) is 5.14. The molecule has 2 N–H and O–H groups in total. The van der Waals surface area contributed by atoms with Crippen molar-refractivity contribution in [3.05, 3.63) is 23.3 Å². The molecule has 1 aromatic heterocycles. The number of nitrogens with zero attached hydrogens (tertiary/aromatic N) is 2. The summed E-state index contributed by atoms with van der Waals surface area (Å²) in [4.78, 5) is 9.01. The van der Waals surface area contributed by atoms with Gasteiger partial charge < -0.3 is 5.73 Å². The van der Waals surface area contributed by atoms with Gasteiger partial charge in [0.05, 0.1) is 0 Å². The minimum Gasteiger partial charge on any atom is -0.330 e. The minimum atomic E-state index is 0.0662. The predicted molar refractivity (Wildman–Crippen MR) is 62.9 cm³/mol. The molecule has 0 fully saturated rings. The zero-order valence-corrected chi connectivity index (χ0v) is 10.3. The van der Waals surface area contributed by atoms with Gasteiger partial charge in [-0.3, -0.25) is 0 Å². The Labute approximate surface area is 92.1 Å². The molecule has 0 aromatic carbocycles. The SMILES string of the molecule is Cc1cc(C(C)(C)C)nc(C(C)CN)n1. The Hall–Kier alpha value is -0.960. The molecule has 1 rings (SSSR count). The van der Waals surface area contributed by atoms with Crippen LogP contribution in [0, 0.1) is 6.92 Å². The van der Waals surface area contributed by atoms with Crippen molar-refractivity contribution in [3.8, 4) is 0 Å². The van der Waals surface area contributed by atoms with Crippen LogP contribution in [0.25, 0.3) is 0 Å². The fourth-order valence-electron chi connectivity index (χ4n) is 1.30. The van der Waals surface area contributed by atoms with Crippen LogP contribution in [0.2, 0.25) is 0 Å². The summed E-state index contributed by atoms with van der Waals surface area (Å²) in [5.74, 6) is 1.09. The van der Waals surface area contributed by atoms with Gasteiger partial charge in [-0.2, -0.15) is 0 Å². The molecule has 0 bridgehead atoms. The van der Waals surface area contributed by atoms with E-state index in [0.29, 0.717) is 6.54 Å². The summed E-state index contributed by atoms with van der Waals surface area (Å²) < 4.78 is 0. The molecule has 1 atom stereocenters. The van der Waals surface area contributed by atoms with E-state index in [2.05, 4.69) is 37.7 Å². The Bertz CT molecular complexity index is 339. The first-order valence-electron chi connectivity index (χ1n) is 5.40. The van der Waals surface area contributed by atoms with Crippen LogP contribution >= 0.6 is 0 Å². The molecule has 0 aliphatic rings. The maximum Gasteiger partial charge on any atom is 0.132 e. The van der Waals surface area contributed by atoms with Crippen LogP contribution in [-0.2, 0) is 5.41 Å². The first kappa shape index (κ1) is 12.1. The average molecular weight is 207 g/mol. The standard InChI is InChI=1S/C12H21N3/c1-8(7-13)11-14-9(2)6-10(15-11)12(3,4)5/h6,8H,7,13H2,1-5H3. The number of hydrogen-bond acceptors (Lipinski definition) is 3. The largest absolute Gasteiger partial charge is 0.330 e. The fraction of sp³-hybridized carbons (Fsp3) is 0.667. The van der Waals surface area contributed by atoms with Gasteiger partial charge in [-0.25, -0.2) is 9.97 Å². The van der Waals surface area contributed by atoms with Crippen molar-refractivity contribution in [1.29, 1.82) is 0 Å². The van der Waals surface area contributed by atoms with Gasteiger partial charge in [0.1, 0.15) is 5.82 Å². The highest BCUT2D eigenvalue weighted by Gasteiger charge is 2.18. The zero-order chi connectivity index (χ0) is 11.6. The fourth-order valence-corrected chi connectivity index (χ4v) is 1.30. The van der Waals surface area contributed by atoms with Crippen LogP contribution in [0.4, 0.5) is 0 Å². The van der Waals surface area contributed by atoms with Gasteiger partial charge in [-0.15, -0.1) is 0 Å². The number of hydrogen-bond donors (Lipinski definition) is 1. The molecule has 15 heavy (non-hydrogen) atoms. The third-order valence-corrected chi connectivity index (χ3v) is 2.43. The molecule has 0 saturated heterocycles. The van der Waals surface area contributed by atoms with Gasteiger partial charge in [0, 0.05) is 29.3 Å². The van der Waals surface area contributed by atoms with Crippen LogP contribution in [-0.4, -0.2) is 16.5 Å². The molecule has 0 spiro atoms. The number of aromatic nitrogens is 2. The molecular formula is C12H21N3. The van der Waals surface area contributed by atoms with E-state index >= 15 is 0 Å². The van der Waals surface area contributed by atoms with Gasteiger partial charge in [0.15, 0.2) is 0 Å². The van der Waals surface area contributed by atoms with Crippen LogP contribution in [0.3, 0.4) is 0 Å². The van der Waals surface area contributed by atoms with E-state index in [9.17, 15) is 0 Å². The Morgan fingerprint density at radius 3 is 2.40 bits per heavy atom. The van der Waals surface area contributed by atoms with Gasteiger partial charge >= 0.3 is 0 Å². The van der Waals surface area contributed by atoms with Crippen molar-refractivity contribution in [3.63, 3.8) is 0 Å². The topological polar surface area (TPSA) is 51.8 Å². The quantitative estimate of drug-likeness (QED) is 0.808. The first-order chi connectivity index (χ1) is 6.84. The van der Waals surface area contributed by atoms with Crippen LogP contribution < -0.4 is 5.73 Å². The van der Waals surface area contributed by atoms with Gasteiger partial charge in [0.2, 0.25) is 0 Å². The summed E-state index contributed by atoms with van der Waals surface area (Å²) in [5, 5.41) is 0. The molecule has 0 saturated carbocycles. The Morgan fingerprint density at radius 2 is 1.93 bits per heavy atom. The van der Waals surface area contributed by atoms with Crippen molar-refractivity contribution in [1.82, 2.24) is 9.97 Å². The molecule has 1 aromatic rings. The maximum atomic E-state index is 5.63. The lowest BCUT2D eigenvalue weighted by atomic mass is 9.91. The lowest BCUT2D eigenvalue weighted by Crippen LogP contribution is -2.19. The number of rotatable bonds is 2. The monoisotopic (exact) mass is 207 g/mol. The van der Waals surface area contributed by atoms with Crippen molar-refractivity contribution in [2.45, 2.75) is 46.0 Å². The normalized spacial score (nSPS) is 14.0. The molecule has 3 heteroatoms. The van der Waals surface area contributed by atoms with Crippen LogP contribution in [0.5, 0.6) is 0 Å². The summed E-state index contributed by atoms with van der Waals surface area (Å²) >= 11 is 0. The third kappa shape index (κ3) is 2.99. The maximum absolute atomic E-state index is 5.63. The summed E-state index contributed by atoms with van der Waals surface area (Å²) in [6.45, 7) is 11.1. The zero-order valence-electron chi connectivity index (χ0n) is 10.3. The minimum absolute atomic E-state index is 0.0662. The first-order valence-corrected chi connectivity index (χ1v) is 5.40. The van der Waals surface area contributed by atoms with E-state index in [0.717, 1.165) is 17.2 Å². The second kappa shape index (κ2) is 4.27. The summed E-state index contributed by atoms with van der Waals surface area (Å²) in [6.07, 6.45) is 0. The molecule has 84 valence electrons. The highest BCUT2D eigenvalue weighted by molar-refractivity contribution is 5.18. The molecule has 1 heterocycles. The molecule has 1 unspecified atom stereocenters. The van der Waals surface area contributed by atoms with E-state index < -0.39 is 0 Å². The third-order valence-electron chi connectivity index (χ3n) is 2.43. The van der Waals surface area contributed by atoms with Crippen LogP contribution in [0.1, 0.15) is 50.8 Å². The van der Waals surface area contributed by atoms with Crippen molar-refractivity contribution >= 4 is 0 Å². The van der Waals surface area contributed by atoms with E-state index in [4.69, 9.17) is 5.73 Å². The van der Waals surface area contributed by atoms with Gasteiger partial charge in [0.25, 0.3) is 0 Å². The van der Waals surface area contributed by atoms with E-state index in [1.54, 1.807) is 0 Å². The highest BCUT2D eigenvalue weighted by Crippen LogP contribution is 2.22. The van der Waals surface area contributed by atoms with Gasteiger partial charge in [-0.05, 0) is 13.0 Å². The summed E-state index contributed by atoms with van der Waals surface area (Å²) in [7, 11) is 0. The van der Waals surface area contributed by atoms with Gasteiger partial charge in [-0.1, -0.05) is 27.7 Å². The van der Waals surface area contributed by atoms with E-state index in [1.165, 1.54) is 0 Å². The molecule has 0 aliphatic carbocycles. The number of nitrogens with two attached hydrogens (primary N) is 1. The Balaban J connectivity index is 3.17. The second-order valence-electron chi connectivity index (χ2n) is 5.14. The number of aryl methyl sites for hydroxylation is 1. The molecule has 0 amide bonds. The summed E-state index contributed by atoms with van der Waals surface area (Å²) in [5.41, 5.74) is 7.81. The lowest BCUT2D eigenvalue weighted by Gasteiger charge is -2.20. The highest BCUT2D eigenvalue weighted by atomic mass is 14.9. The Morgan fingerprint density at radius 1 is 1.33 bits per heavy atom. The molecule has 3 nitrogen and oxygen atoms in total. The van der Waals surface area contributed by atoms with Crippen LogP contribution in [0.15, 0.2) is 6.07 Å². The van der Waals surface area contributed by atoms with Crippen molar-refractivity contribution in [2.24, 2.45) is 5.73 Å². The van der Waals surface area contributed by atoms with Crippen molar-refractivity contribution < 1.29 is 0 Å². The molecule has 0 radical (unpaired) electrons. The van der Waals surface area contributed by atoms with Crippen molar-refractivity contribution in [2.75, 3.05) is 6.54 Å². The average Bonchev–Trinajstić information content (AvgIpc) is 2.14. The predicted octanol–water partition coefficient (Wildman–Crippen LogP) is 2.14. The molecular weight excluding hydrogens is 186 g/mol. The van der Waals surface area contributed by atoms with E-state index in [1.807, 2.05) is 13.0 Å². The smallest absolute Gasteiger partial charge is 0.132 e. The summed E-state index contributed by atoms with van der Waals surface area (Å²) in [6, 6.07) is 2.05. The molecule has 0 aliphatic heterocycles.